The molecular formula is C10H8N2O2S. The number of hydrogen-bond donors (Lipinski definition) is 2. The molecule has 15 heavy (non-hydrogen) atoms. The number of hydrogen-bond acceptors (Lipinski definition) is 3. The van der Waals surface area contributed by atoms with Crippen LogP contribution in [0.25, 0.3) is 11.3 Å². The lowest BCUT2D eigenvalue weighted by Crippen LogP contribution is -2.28. The molecule has 0 aliphatic heterocycles. The van der Waals surface area contributed by atoms with Gasteiger partial charge in [0.25, 0.3) is 5.56 Å². The van der Waals surface area contributed by atoms with E-state index in [1.54, 1.807) is 11.3 Å². The molecule has 0 saturated carbocycles. The standard InChI is InChI=1S/C10H8N2O2S/c13-9-6-1-2-7-5(3-4-15-7)8(6)11-10(14)12-9/h3-4H,1-2H2,(H2,11,12,13,14). The number of rotatable bonds is 0. The van der Waals surface area contributed by atoms with Gasteiger partial charge >= 0.3 is 5.69 Å². The molecular weight excluding hydrogens is 212 g/mol. The summed E-state index contributed by atoms with van der Waals surface area (Å²) in [5, 5.41) is 1.99. The Balaban J connectivity index is 2.42. The van der Waals surface area contributed by atoms with Gasteiger partial charge in [0.05, 0.1) is 5.69 Å². The Bertz CT molecular complexity index is 635. The second kappa shape index (κ2) is 2.93. The van der Waals surface area contributed by atoms with Gasteiger partial charge in [-0.2, -0.15) is 0 Å². The lowest BCUT2D eigenvalue weighted by molar-refractivity contribution is 0.890. The molecule has 1 aliphatic carbocycles. The highest BCUT2D eigenvalue weighted by Gasteiger charge is 2.20. The van der Waals surface area contributed by atoms with Gasteiger partial charge in [-0.05, 0) is 24.3 Å². The summed E-state index contributed by atoms with van der Waals surface area (Å²) in [5.74, 6) is 0. The maximum absolute atomic E-state index is 11.5. The van der Waals surface area contributed by atoms with Crippen molar-refractivity contribution in [3.8, 4) is 11.3 Å². The van der Waals surface area contributed by atoms with Crippen LogP contribution in [0.4, 0.5) is 0 Å². The summed E-state index contributed by atoms with van der Waals surface area (Å²) in [6, 6.07) is 1.95. The zero-order valence-electron chi connectivity index (χ0n) is 7.79. The maximum Gasteiger partial charge on any atom is 0.326 e. The third-order valence-electron chi connectivity index (χ3n) is 2.66. The third kappa shape index (κ3) is 1.20. The number of fused-ring (bicyclic) bond motifs is 3. The normalized spacial score (nSPS) is 13.3. The first-order chi connectivity index (χ1) is 7.25. The van der Waals surface area contributed by atoms with Crippen molar-refractivity contribution in [1.82, 2.24) is 9.97 Å². The Morgan fingerprint density at radius 1 is 1.20 bits per heavy atom. The summed E-state index contributed by atoms with van der Waals surface area (Å²) < 4.78 is 0. The van der Waals surface area contributed by atoms with E-state index in [1.165, 1.54) is 4.88 Å². The summed E-state index contributed by atoms with van der Waals surface area (Å²) in [6.45, 7) is 0. The van der Waals surface area contributed by atoms with Gasteiger partial charge in [-0.3, -0.25) is 9.78 Å². The minimum Gasteiger partial charge on any atom is -0.307 e. The second-order valence-electron chi connectivity index (χ2n) is 3.52. The van der Waals surface area contributed by atoms with Gasteiger partial charge in [-0.25, -0.2) is 4.79 Å². The number of aromatic nitrogens is 2. The van der Waals surface area contributed by atoms with Gasteiger partial charge in [0.2, 0.25) is 0 Å². The van der Waals surface area contributed by atoms with Gasteiger partial charge in [0, 0.05) is 16.0 Å². The van der Waals surface area contributed by atoms with Crippen molar-refractivity contribution in [1.29, 1.82) is 0 Å². The first-order valence-corrected chi connectivity index (χ1v) is 5.56. The first-order valence-electron chi connectivity index (χ1n) is 4.68. The largest absolute Gasteiger partial charge is 0.326 e. The molecule has 0 fully saturated rings. The van der Waals surface area contributed by atoms with E-state index >= 15 is 0 Å². The van der Waals surface area contributed by atoms with E-state index in [0.29, 0.717) is 17.7 Å². The smallest absolute Gasteiger partial charge is 0.307 e. The van der Waals surface area contributed by atoms with E-state index in [2.05, 4.69) is 9.97 Å². The molecule has 0 unspecified atom stereocenters. The Morgan fingerprint density at radius 2 is 2.07 bits per heavy atom. The predicted octanol–water partition coefficient (Wildman–Crippen LogP) is 0.890. The van der Waals surface area contributed by atoms with Crippen LogP contribution in [0.5, 0.6) is 0 Å². The fourth-order valence-corrected chi connectivity index (χ4v) is 2.86. The first kappa shape index (κ1) is 8.67. The molecule has 2 N–H and O–H groups in total. The number of H-pyrrole nitrogens is 2. The molecule has 0 aromatic carbocycles. The lowest BCUT2D eigenvalue weighted by Gasteiger charge is -2.13. The van der Waals surface area contributed by atoms with Crippen LogP contribution in [0.15, 0.2) is 21.0 Å². The topological polar surface area (TPSA) is 65.7 Å². The van der Waals surface area contributed by atoms with Crippen LogP contribution in [0, 0.1) is 0 Å². The molecule has 0 bridgehead atoms. The molecule has 76 valence electrons. The van der Waals surface area contributed by atoms with Crippen LogP contribution in [-0.2, 0) is 12.8 Å². The summed E-state index contributed by atoms with van der Waals surface area (Å²) in [5.41, 5.74) is 1.71. The Morgan fingerprint density at radius 3 is 2.93 bits per heavy atom. The predicted molar refractivity (Wildman–Crippen MR) is 58.4 cm³/mol. The lowest BCUT2D eigenvalue weighted by atomic mass is 9.96. The van der Waals surface area contributed by atoms with Gasteiger partial charge in [-0.1, -0.05) is 0 Å². The third-order valence-corrected chi connectivity index (χ3v) is 3.64. The van der Waals surface area contributed by atoms with Crippen LogP contribution in [-0.4, -0.2) is 9.97 Å². The SMILES string of the molecule is O=c1[nH]c2c(c(=O)[nH]1)CCc1sccc1-2. The Labute approximate surface area is 88.6 Å². The number of thiophene rings is 1. The Kier molecular flexibility index (Phi) is 1.70. The molecule has 2 heterocycles. The average Bonchev–Trinajstić information content (AvgIpc) is 2.65. The van der Waals surface area contributed by atoms with Crippen LogP contribution >= 0.6 is 11.3 Å². The van der Waals surface area contributed by atoms with Crippen molar-refractivity contribution < 1.29 is 0 Å². The molecule has 1 aliphatic rings. The quantitative estimate of drug-likeness (QED) is 0.692. The van der Waals surface area contributed by atoms with E-state index in [1.807, 2.05) is 11.4 Å². The molecule has 2 aromatic rings. The average molecular weight is 220 g/mol. The van der Waals surface area contributed by atoms with Crippen LogP contribution in [0.1, 0.15) is 10.4 Å². The summed E-state index contributed by atoms with van der Waals surface area (Å²) in [4.78, 5) is 28.9. The molecule has 2 aromatic heterocycles. The molecule has 5 heteroatoms. The summed E-state index contributed by atoms with van der Waals surface area (Å²) >= 11 is 1.67. The van der Waals surface area contributed by atoms with E-state index in [-0.39, 0.29) is 5.56 Å². The van der Waals surface area contributed by atoms with Crippen molar-refractivity contribution in [2.45, 2.75) is 12.8 Å². The van der Waals surface area contributed by atoms with Crippen LogP contribution < -0.4 is 11.2 Å². The highest BCUT2D eigenvalue weighted by molar-refractivity contribution is 7.10. The number of nitrogens with one attached hydrogen (secondary N) is 2. The van der Waals surface area contributed by atoms with Crippen molar-refractivity contribution >= 4 is 11.3 Å². The molecule has 0 radical (unpaired) electrons. The number of aromatic amines is 2. The monoisotopic (exact) mass is 220 g/mol. The summed E-state index contributed by atoms with van der Waals surface area (Å²) in [6.07, 6.45) is 1.59. The Hall–Kier alpha value is -1.62. The molecule has 0 spiro atoms. The number of aryl methyl sites for hydroxylation is 1. The molecule has 4 nitrogen and oxygen atoms in total. The minimum atomic E-state index is -0.433. The zero-order chi connectivity index (χ0) is 10.4. The highest BCUT2D eigenvalue weighted by atomic mass is 32.1. The van der Waals surface area contributed by atoms with E-state index in [9.17, 15) is 9.59 Å². The second-order valence-corrected chi connectivity index (χ2v) is 4.52. The van der Waals surface area contributed by atoms with E-state index in [0.717, 1.165) is 12.0 Å². The fourth-order valence-electron chi connectivity index (χ4n) is 1.98. The molecule has 3 rings (SSSR count). The minimum absolute atomic E-state index is 0.259. The van der Waals surface area contributed by atoms with E-state index < -0.39 is 5.69 Å². The molecule has 0 amide bonds. The highest BCUT2D eigenvalue weighted by Crippen LogP contribution is 2.32. The van der Waals surface area contributed by atoms with Crippen LogP contribution in [0.3, 0.4) is 0 Å². The zero-order valence-corrected chi connectivity index (χ0v) is 8.61. The van der Waals surface area contributed by atoms with Crippen LogP contribution in [0.2, 0.25) is 0 Å². The van der Waals surface area contributed by atoms with Gasteiger partial charge in [0.1, 0.15) is 0 Å². The molecule has 0 atom stereocenters. The summed E-state index contributed by atoms with van der Waals surface area (Å²) in [7, 11) is 0. The van der Waals surface area contributed by atoms with Gasteiger partial charge < -0.3 is 4.98 Å². The van der Waals surface area contributed by atoms with Crippen molar-refractivity contribution in [2.24, 2.45) is 0 Å². The van der Waals surface area contributed by atoms with Crippen molar-refractivity contribution in [3.05, 3.63) is 42.7 Å². The van der Waals surface area contributed by atoms with Crippen molar-refractivity contribution in [3.63, 3.8) is 0 Å². The van der Waals surface area contributed by atoms with E-state index in [4.69, 9.17) is 0 Å². The fraction of sp³-hybridized carbons (Fsp3) is 0.200. The van der Waals surface area contributed by atoms with Gasteiger partial charge in [-0.15, -0.1) is 11.3 Å². The van der Waals surface area contributed by atoms with Crippen molar-refractivity contribution in [2.75, 3.05) is 0 Å². The maximum atomic E-state index is 11.5. The van der Waals surface area contributed by atoms with Gasteiger partial charge in [0.15, 0.2) is 0 Å². The molecule has 0 saturated heterocycles.